The van der Waals surface area contributed by atoms with Gasteiger partial charge in [0.25, 0.3) is 0 Å². The summed E-state index contributed by atoms with van der Waals surface area (Å²) in [6, 6.07) is 14.7. The molecule has 0 bridgehead atoms. The molecule has 0 radical (unpaired) electrons. The highest BCUT2D eigenvalue weighted by Crippen LogP contribution is 2.27. The third-order valence-corrected chi connectivity index (χ3v) is 7.14. The van der Waals surface area contributed by atoms with Gasteiger partial charge in [-0.3, -0.25) is 9.13 Å². The number of benzene rings is 2. The molecule has 1 fully saturated rings. The lowest BCUT2D eigenvalue weighted by Crippen LogP contribution is -2.40. The van der Waals surface area contributed by atoms with E-state index in [0.29, 0.717) is 5.92 Å². The van der Waals surface area contributed by atoms with Crippen molar-refractivity contribution in [1.29, 1.82) is 0 Å². The number of imidazole rings is 1. The third kappa shape index (κ3) is 5.23. The molecule has 6 heteroatoms. The average molecular weight is 466 g/mol. The van der Waals surface area contributed by atoms with E-state index in [1.807, 2.05) is 28.8 Å². The van der Waals surface area contributed by atoms with Gasteiger partial charge in [0.15, 0.2) is 0 Å². The molecular weight excluding hydrogens is 426 g/mol. The normalized spacial score (nSPS) is 16.4. The van der Waals surface area contributed by atoms with Crippen molar-refractivity contribution in [3.63, 3.8) is 0 Å². The van der Waals surface area contributed by atoms with Gasteiger partial charge in [0.05, 0.1) is 11.0 Å². The summed E-state index contributed by atoms with van der Waals surface area (Å²) in [4.78, 5) is 15.7. The van der Waals surface area contributed by atoms with Crippen molar-refractivity contribution in [3.05, 3.63) is 64.1 Å². The van der Waals surface area contributed by atoms with E-state index < -0.39 is 0 Å². The lowest BCUT2D eigenvalue weighted by molar-refractivity contribution is 0.108. The van der Waals surface area contributed by atoms with Crippen LogP contribution in [-0.2, 0) is 11.5 Å². The summed E-state index contributed by atoms with van der Waals surface area (Å²) < 4.78 is 15.5. The minimum atomic E-state index is 0.0308. The molecule has 0 N–H and O–H groups in total. The second-order valence-electron chi connectivity index (χ2n) is 10.0. The maximum absolute atomic E-state index is 13.2. The molecule has 6 nitrogen and oxygen atoms in total. The SMILES string of the molecule is COCn1c(=O)n(C2CCN(CCC(Oc3cc(C)ccc3C)C(C)C)CC2)c2ccccc21. The van der Waals surface area contributed by atoms with Gasteiger partial charge < -0.3 is 14.4 Å². The maximum Gasteiger partial charge on any atom is 0.331 e. The molecule has 1 aliphatic heterocycles. The van der Waals surface area contributed by atoms with Gasteiger partial charge in [-0.05, 0) is 68.4 Å². The number of nitrogens with zero attached hydrogens (tertiary/aromatic N) is 3. The first-order chi connectivity index (χ1) is 16.4. The number of piperidine rings is 1. The molecule has 0 saturated carbocycles. The molecule has 0 amide bonds. The van der Waals surface area contributed by atoms with E-state index in [4.69, 9.17) is 9.47 Å². The molecule has 1 saturated heterocycles. The number of methoxy groups -OCH3 is 1. The Morgan fingerprint density at radius 3 is 2.41 bits per heavy atom. The van der Waals surface area contributed by atoms with Crippen molar-refractivity contribution >= 4 is 11.0 Å². The van der Waals surface area contributed by atoms with Gasteiger partial charge in [0, 0.05) is 32.8 Å². The molecule has 2 heterocycles. The summed E-state index contributed by atoms with van der Waals surface area (Å²) in [5, 5.41) is 0. The molecule has 4 rings (SSSR count). The van der Waals surface area contributed by atoms with E-state index >= 15 is 0 Å². The molecular formula is C28H39N3O3. The topological polar surface area (TPSA) is 48.6 Å². The lowest BCUT2D eigenvalue weighted by Gasteiger charge is -2.34. The predicted molar refractivity (Wildman–Crippen MR) is 138 cm³/mol. The van der Waals surface area contributed by atoms with E-state index in [0.717, 1.165) is 55.7 Å². The summed E-state index contributed by atoms with van der Waals surface area (Å²) in [6.07, 6.45) is 3.15. The van der Waals surface area contributed by atoms with Crippen molar-refractivity contribution in [2.75, 3.05) is 26.7 Å². The summed E-state index contributed by atoms with van der Waals surface area (Å²) in [6.45, 7) is 12.0. The lowest BCUT2D eigenvalue weighted by atomic mass is 10.0. The Hall–Kier alpha value is -2.57. The fraction of sp³-hybridized carbons (Fsp3) is 0.536. The first-order valence-corrected chi connectivity index (χ1v) is 12.5. The Bertz CT molecular complexity index is 1160. The van der Waals surface area contributed by atoms with Crippen LogP contribution in [0.5, 0.6) is 5.75 Å². The number of rotatable bonds is 9. The number of fused-ring (bicyclic) bond motifs is 1. The Labute approximate surface area is 203 Å². The molecule has 0 aliphatic carbocycles. The number of aryl methyl sites for hydroxylation is 2. The van der Waals surface area contributed by atoms with Crippen LogP contribution in [0.3, 0.4) is 0 Å². The summed E-state index contributed by atoms with van der Waals surface area (Å²) in [5.74, 6) is 1.45. The van der Waals surface area contributed by atoms with Crippen molar-refractivity contribution in [2.45, 2.75) is 65.8 Å². The second-order valence-corrected chi connectivity index (χ2v) is 10.0. The van der Waals surface area contributed by atoms with Gasteiger partial charge in [0.1, 0.15) is 18.6 Å². The van der Waals surface area contributed by atoms with E-state index in [1.54, 1.807) is 11.7 Å². The van der Waals surface area contributed by atoms with Crippen molar-refractivity contribution in [2.24, 2.45) is 5.92 Å². The summed E-state index contributed by atoms with van der Waals surface area (Å²) in [5.41, 5.74) is 4.40. The van der Waals surface area contributed by atoms with Gasteiger partial charge in [-0.15, -0.1) is 0 Å². The fourth-order valence-electron chi connectivity index (χ4n) is 5.08. The van der Waals surface area contributed by atoms with Crippen LogP contribution in [0, 0.1) is 19.8 Å². The standard InChI is InChI=1S/C28H39N3O3/c1-20(2)26(34-27-18-21(3)10-11-22(27)4)14-17-29-15-12-23(13-16-29)31-25-9-7-6-8-24(25)30(19-33-5)28(31)32/h6-11,18,20,23,26H,12-17,19H2,1-5H3. The zero-order valence-corrected chi connectivity index (χ0v) is 21.3. The second kappa shape index (κ2) is 10.8. The molecule has 2 aromatic carbocycles. The smallest absolute Gasteiger partial charge is 0.331 e. The highest BCUT2D eigenvalue weighted by molar-refractivity contribution is 5.76. The van der Waals surface area contributed by atoms with Gasteiger partial charge >= 0.3 is 5.69 Å². The largest absolute Gasteiger partial charge is 0.490 e. The molecule has 1 unspecified atom stereocenters. The summed E-state index contributed by atoms with van der Waals surface area (Å²) >= 11 is 0. The van der Waals surface area contributed by atoms with E-state index in [9.17, 15) is 4.79 Å². The van der Waals surface area contributed by atoms with E-state index in [1.165, 1.54) is 11.1 Å². The van der Waals surface area contributed by atoms with Gasteiger partial charge in [-0.2, -0.15) is 0 Å². The highest BCUT2D eigenvalue weighted by atomic mass is 16.5. The number of para-hydroxylation sites is 2. The van der Waals surface area contributed by atoms with Crippen LogP contribution in [0.15, 0.2) is 47.3 Å². The van der Waals surface area contributed by atoms with Gasteiger partial charge in [-0.1, -0.05) is 38.1 Å². The fourth-order valence-corrected chi connectivity index (χ4v) is 5.08. The predicted octanol–water partition coefficient (Wildman–Crippen LogP) is 5.15. The van der Waals surface area contributed by atoms with Crippen LogP contribution >= 0.6 is 0 Å². The minimum absolute atomic E-state index is 0.0308. The Morgan fingerprint density at radius 2 is 1.74 bits per heavy atom. The molecule has 1 aromatic heterocycles. The Kier molecular flexibility index (Phi) is 7.79. The Balaban J connectivity index is 1.39. The number of ether oxygens (including phenoxy) is 2. The molecule has 0 spiro atoms. The van der Waals surface area contributed by atoms with Crippen LogP contribution in [0.4, 0.5) is 0 Å². The minimum Gasteiger partial charge on any atom is -0.490 e. The zero-order valence-electron chi connectivity index (χ0n) is 21.3. The van der Waals surface area contributed by atoms with Crippen LogP contribution in [0.1, 0.15) is 50.3 Å². The monoisotopic (exact) mass is 465 g/mol. The number of hydrogen-bond acceptors (Lipinski definition) is 4. The van der Waals surface area contributed by atoms with E-state index in [2.05, 4.69) is 50.8 Å². The first-order valence-electron chi connectivity index (χ1n) is 12.5. The van der Waals surface area contributed by atoms with Crippen molar-refractivity contribution in [3.8, 4) is 5.75 Å². The molecule has 1 aliphatic rings. The van der Waals surface area contributed by atoms with Crippen LogP contribution in [0.25, 0.3) is 11.0 Å². The quantitative estimate of drug-likeness (QED) is 0.438. The number of likely N-dealkylation sites (tertiary alicyclic amines) is 1. The van der Waals surface area contributed by atoms with Crippen LogP contribution < -0.4 is 10.4 Å². The zero-order chi connectivity index (χ0) is 24.2. The molecule has 1 atom stereocenters. The van der Waals surface area contributed by atoms with Crippen molar-refractivity contribution < 1.29 is 9.47 Å². The Morgan fingerprint density at radius 1 is 1.03 bits per heavy atom. The maximum atomic E-state index is 13.2. The molecule has 184 valence electrons. The van der Waals surface area contributed by atoms with Crippen LogP contribution in [0.2, 0.25) is 0 Å². The first kappa shape index (κ1) is 24.6. The number of aromatic nitrogens is 2. The van der Waals surface area contributed by atoms with Crippen LogP contribution in [-0.4, -0.2) is 46.9 Å². The van der Waals surface area contributed by atoms with Gasteiger partial charge in [0.2, 0.25) is 0 Å². The summed E-state index contributed by atoms with van der Waals surface area (Å²) in [7, 11) is 1.63. The number of hydrogen-bond donors (Lipinski definition) is 0. The van der Waals surface area contributed by atoms with Gasteiger partial charge in [-0.25, -0.2) is 4.79 Å². The molecule has 34 heavy (non-hydrogen) atoms. The average Bonchev–Trinajstić information content (AvgIpc) is 3.10. The molecule has 3 aromatic rings. The van der Waals surface area contributed by atoms with E-state index in [-0.39, 0.29) is 24.6 Å². The third-order valence-electron chi connectivity index (χ3n) is 7.14. The highest BCUT2D eigenvalue weighted by Gasteiger charge is 2.26. The van der Waals surface area contributed by atoms with Crippen molar-refractivity contribution in [1.82, 2.24) is 14.0 Å².